The minimum Gasteiger partial charge on any atom is -0.336 e. The third-order valence-electron chi connectivity index (χ3n) is 4.10. The minimum atomic E-state index is -0.161. The Morgan fingerprint density at radius 3 is 2.95 bits per heavy atom. The number of halogens is 2. The molecule has 5 heteroatoms. The van der Waals surface area contributed by atoms with E-state index in [-0.39, 0.29) is 5.82 Å². The van der Waals surface area contributed by atoms with Crippen LogP contribution in [0, 0.1) is 5.82 Å². The second-order valence-corrected chi connectivity index (χ2v) is 6.33. The Labute approximate surface area is 126 Å². The lowest BCUT2D eigenvalue weighted by Crippen LogP contribution is -2.49. The number of likely N-dealkylation sites (N-methyl/N-ethyl adjacent to an activating group) is 1. The van der Waals surface area contributed by atoms with E-state index < -0.39 is 0 Å². The van der Waals surface area contributed by atoms with Crippen molar-refractivity contribution in [3.8, 4) is 0 Å². The molecule has 108 valence electrons. The van der Waals surface area contributed by atoms with Crippen molar-refractivity contribution in [3.63, 3.8) is 0 Å². The first-order chi connectivity index (χ1) is 9.58. The lowest BCUT2D eigenvalue weighted by Gasteiger charge is -2.31. The van der Waals surface area contributed by atoms with Crippen LogP contribution in [0.4, 0.5) is 4.39 Å². The van der Waals surface area contributed by atoms with Crippen LogP contribution in [0.5, 0.6) is 0 Å². The van der Waals surface area contributed by atoms with E-state index in [2.05, 4.69) is 33.2 Å². The van der Waals surface area contributed by atoms with E-state index in [0.717, 1.165) is 36.0 Å². The third-order valence-corrected chi connectivity index (χ3v) is 5.11. The van der Waals surface area contributed by atoms with Gasteiger partial charge in [0.15, 0.2) is 0 Å². The first-order valence-corrected chi connectivity index (χ1v) is 7.70. The average molecular weight is 340 g/mol. The van der Waals surface area contributed by atoms with Crippen LogP contribution >= 0.6 is 15.9 Å². The summed E-state index contributed by atoms with van der Waals surface area (Å²) in [7, 11) is 4.05. The zero-order valence-electron chi connectivity index (χ0n) is 11.8. The molecule has 1 atom stereocenters. The molecule has 0 bridgehead atoms. The summed E-state index contributed by atoms with van der Waals surface area (Å²) in [6.07, 6.45) is 0.908. The van der Waals surface area contributed by atoms with Crippen molar-refractivity contribution in [2.75, 3.05) is 26.7 Å². The number of aryl methyl sites for hydroxylation is 1. The monoisotopic (exact) mass is 339 g/mol. The van der Waals surface area contributed by atoms with E-state index in [4.69, 9.17) is 0 Å². The smallest absolute Gasteiger partial charge is 0.147 e. The van der Waals surface area contributed by atoms with Gasteiger partial charge in [0.05, 0.1) is 10.1 Å². The van der Waals surface area contributed by atoms with Crippen LogP contribution in [0.1, 0.15) is 5.56 Å². The molecule has 0 spiro atoms. The molecule has 2 aromatic rings. The highest BCUT2D eigenvalue weighted by Gasteiger charge is 2.22. The molecule has 0 amide bonds. The first-order valence-electron chi connectivity index (χ1n) is 6.91. The fourth-order valence-electron chi connectivity index (χ4n) is 3.08. The number of hydrogen-bond donors (Lipinski definition) is 1. The van der Waals surface area contributed by atoms with Crippen molar-refractivity contribution in [2.24, 2.45) is 7.05 Å². The molecule has 1 aromatic carbocycles. The van der Waals surface area contributed by atoms with Gasteiger partial charge in [-0.3, -0.25) is 0 Å². The predicted molar refractivity (Wildman–Crippen MR) is 83.6 cm³/mol. The Kier molecular flexibility index (Phi) is 3.84. The number of piperazine rings is 1. The Balaban J connectivity index is 1.99. The molecule has 1 unspecified atom stereocenters. The van der Waals surface area contributed by atoms with E-state index in [1.54, 1.807) is 6.07 Å². The topological polar surface area (TPSA) is 20.2 Å². The van der Waals surface area contributed by atoms with Gasteiger partial charge in [-0.25, -0.2) is 4.39 Å². The van der Waals surface area contributed by atoms with Crippen LogP contribution in [0.25, 0.3) is 10.9 Å². The normalized spacial score (nSPS) is 20.7. The molecule has 3 rings (SSSR count). The van der Waals surface area contributed by atoms with Crippen molar-refractivity contribution in [1.29, 1.82) is 0 Å². The predicted octanol–water partition coefficient (Wildman–Crippen LogP) is 2.53. The molecule has 0 radical (unpaired) electrons. The number of fused-ring (bicyclic) bond motifs is 1. The fraction of sp³-hybridized carbons (Fsp3) is 0.467. The van der Waals surface area contributed by atoms with Gasteiger partial charge in [0.1, 0.15) is 5.82 Å². The highest BCUT2D eigenvalue weighted by atomic mass is 79.9. The molecule has 1 aliphatic rings. The summed E-state index contributed by atoms with van der Waals surface area (Å²) in [5.74, 6) is -0.161. The van der Waals surface area contributed by atoms with Crippen LogP contribution in [0.2, 0.25) is 0 Å². The standard InChI is InChI=1S/C15H19BrFN3/c1-19-7-6-18-10(9-19)8-12-11-4-3-5-13(17)14(11)20(2)15(12)16/h3-5,10,18H,6-9H2,1-2H3. The lowest BCUT2D eigenvalue weighted by atomic mass is 10.0. The highest BCUT2D eigenvalue weighted by Crippen LogP contribution is 2.32. The maximum absolute atomic E-state index is 14.0. The Hall–Kier alpha value is -0.910. The number of rotatable bonds is 2. The van der Waals surface area contributed by atoms with Gasteiger partial charge in [-0.2, -0.15) is 0 Å². The molecule has 1 fully saturated rings. The number of para-hydroxylation sites is 1. The Morgan fingerprint density at radius 2 is 2.20 bits per heavy atom. The van der Waals surface area contributed by atoms with Gasteiger partial charge in [0.25, 0.3) is 0 Å². The van der Waals surface area contributed by atoms with Crippen LogP contribution in [0.3, 0.4) is 0 Å². The summed E-state index contributed by atoms with van der Waals surface area (Å²) in [5, 5.41) is 4.56. The highest BCUT2D eigenvalue weighted by molar-refractivity contribution is 9.10. The molecule has 2 heterocycles. The SMILES string of the molecule is CN1CCNC(Cc2c(Br)n(C)c3c(F)cccc23)C1. The summed E-state index contributed by atoms with van der Waals surface area (Å²) >= 11 is 3.62. The zero-order valence-corrected chi connectivity index (χ0v) is 13.4. The molecule has 1 aliphatic heterocycles. The van der Waals surface area contributed by atoms with Crippen molar-refractivity contribution in [2.45, 2.75) is 12.5 Å². The molecule has 20 heavy (non-hydrogen) atoms. The van der Waals surface area contributed by atoms with Gasteiger partial charge in [0.2, 0.25) is 0 Å². The minimum absolute atomic E-state index is 0.161. The number of aromatic nitrogens is 1. The summed E-state index contributed by atoms with van der Waals surface area (Å²) in [5.41, 5.74) is 1.87. The Bertz CT molecular complexity index is 638. The molecule has 0 saturated carbocycles. The van der Waals surface area contributed by atoms with Crippen molar-refractivity contribution < 1.29 is 4.39 Å². The van der Waals surface area contributed by atoms with E-state index >= 15 is 0 Å². The second-order valence-electron chi connectivity index (χ2n) is 5.58. The molecular formula is C15H19BrFN3. The lowest BCUT2D eigenvalue weighted by molar-refractivity contribution is 0.238. The number of nitrogens with one attached hydrogen (secondary N) is 1. The van der Waals surface area contributed by atoms with Gasteiger partial charge in [0, 0.05) is 38.1 Å². The zero-order chi connectivity index (χ0) is 14.3. The quantitative estimate of drug-likeness (QED) is 0.907. The number of nitrogens with zero attached hydrogens (tertiary/aromatic N) is 2. The van der Waals surface area contributed by atoms with Crippen LogP contribution in [-0.4, -0.2) is 42.2 Å². The molecule has 1 aromatic heterocycles. The molecular weight excluding hydrogens is 321 g/mol. The molecule has 1 saturated heterocycles. The van der Waals surface area contributed by atoms with Gasteiger partial charge in [-0.15, -0.1) is 0 Å². The molecule has 1 N–H and O–H groups in total. The Morgan fingerprint density at radius 1 is 1.40 bits per heavy atom. The van der Waals surface area contributed by atoms with Gasteiger partial charge >= 0.3 is 0 Å². The molecule has 3 nitrogen and oxygen atoms in total. The van der Waals surface area contributed by atoms with Crippen LogP contribution < -0.4 is 5.32 Å². The van der Waals surface area contributed by atoms with Gasteiger partial charge in [-0.05, 0) is 41.0 Å². The number of benzene rings is 1. The summed E-state index contributed by atoms with van der Waals surface area (Å²) in [6.45, 7) is 3.12. The van der Waals surface area contributed by atoms with E-state index in [0.29, 0.717) is 11.6 Å². The summed E-state index contributed by atoms with van der Waals surface area (Å²) in [4.78, 5) is 2.33. The average Bonchev–Trinajstić information content (AvgIpc) is 2.65. The van der Waals surface area contributed by atoms with E-state index in [1.807, 2.05) is 17.7 Å². The van der Waals surface area contributed by atoms with E-state index in [9.17, 15) is 4.39 Å². The summed E-state index contributed by atoms with van der Waals surface area (Å²) in [6, 6.07) is 5.73. The maximum Gasteiger partial charge on any atom is 0.147 e. The van der Waals surface area contributed by atoms with Crippen LogP contribution in [-0.2, 0) is 13.5 Å². The maximum atomic E-state index is 14.0. The van der Waals surface area contributed by atoms with Gasteiger partial charge in [-0.1, -0.05) is 12.1 Å². The number of hydrogen-bond acceptors (Lipinski definition) is 2. The summed E-state index contributed by atoms with van der Waals surface area (Å²) < 4.78 is 16.9. The first kappa shape index (κ1) is 14.0. The molecule has 0 aliphatic carbocycles. The van der Waals surface area contributed by atoms with Gasteiger partial charge < -0.3 is 14.8 Å². The van der Waals surface area contributed by atoms with Crippen molar-refractivity contribution in [3.05, 3.63) is 34.2 Å². The largest absolute Gasteiger partial charge is 0.336 e. The fourth-order valence-corrected chi connectivity index (χ4v) is 3.63. The second kappa shape index (κ2) is 5.47. The van der Waals surface area contributed by atoms with Crippen molar-refractivity contribution >= 4 is 26.8 Å². The van der Waals surface area contributed by atoms with Crippen LogP contribution in [0.15, 0.2) is 22.8 Å². The van der Waals surface area contributed by atoms with Crippen molar-refractivity contribution in [1.82, 2.24) is 14.8 Å². The van der Waals surface area contributed by atoms with E-state index in [1.165, 1.54) is 11.6 Å². The third kappa shape index (κ3) is 2.38.